The third-order valence-electron chi connectivity index (χ3n) is 5.13. The molecule has 1 N–H and O–H groups in total. The molecular formula is C23H26N2O5. The van der Waals surface area contributed by atoms with E-state index in [1.54, 1.807) is 20.3 Å². The number of rotatable bonds is 8. The first-order chi connectivity index (χ1) is 14.4. The first kappa shape index (κ1) is 21.4. The molecule has 7 nitrogen and oxygen atoms in total. The van der Waals surface area contributed by atoms with Crippen molar-refractivity contribution in [2.75, 3.05) is 14.2 Å². The minimum absolute atomic E-state index is 0.0510. The van der Waals surface area contributed by atoms with Gasteiger partial charge in [-0.2, -0.15) is 5.10 Å². The second kappa shape index (κ2) is 9.43. The lowest BCUT2D eigenvalue weighted by Gasteiger charge is -2.24. The fourth-order valence-corrected chi connectivity index (χ4v) is 3.50. The SMILES string of the molecule is COc1ccc([C@H]2CC(c3ccc(C)cc3)=NN2C(=O)CCCC(=O)O)c(OC)c1. The average molecular weight is 410 g/mol. The van der Waals surface area contributed by atoms with Gasteiger partial charge in [-0.05, 0) is 31.0 Å². The molecule has 2 aromatic carbocycles. The first-order valence-electron chi connectivity index (χ1n) is 9.83. The molecule has 1 heterocycles. The Labute approximate surface area is 175 Å². The summed E-state index contributed by atoms with van der Waals surface area (Å²) in [5.41, 5.74) is 3.74. The number of hydrogen-bond acceptors (Lipinski definition) is 5. The second-order valence-corrected chi connectivity index (χ2v) is 7.23. The van der Waals surface area contributed by atoms with E-state index in [1.807, 2.05) is 43.3 Å². The van der Waals surface area contributed by atoms with Gasteiger partial charge < -0.3 is 14.6 Å². The van der Waals surface area contributed by atoms with Crippen LogP contribution in [0.3, 0.4) is 0 Å². The number of benzene rings is 2. The van der Waals surface area contributed by atoms with E-state index in [0.29, 0.717) is 17.9 Å². The van der Waals surface area contributed by atoms with Crippen LogP contribution in [0, 0.1) is 6.92 Å². The van der Waals surface area contributed by atoms with E-state index in [2.05, 4.69) is 5.10 Å². The molecule has 158 valence electrons. The highest BCUT2D eigenvalue weighted by molar-refractivity contribution is 6.03. The third kappa shape index (κ3) is 4.79. The zero-order valence-corrected chi connectivity index (χ0v) is 17.4. The molecule has 0 radical (unpaired) electrons. The molecule has 1 aliphatic rings. The quantitative estimate of drug-likeness (QED) is 0.712. The van der Waals surface area contributed by atoms with Gasteiger partial charge in [0.05, 0.1) is 26.0 Å². The van der Waals surface area contributed by atoms with Crippen LogP contribution in [0.4, 0.5) is 0 Å². The standard InChI is InChI=1S/C23H26N2O5/c1-15-7-9-16(10-8-15)19-14-20(18-12-11-17(29-2)13-21(18)30-3)25(24-19)22(26)5-4-6-23(27)28/h7-13,20H,4-6,14H2,1-3H3,(H,27,28)/t20-/m1/s1. The van der Waals surface area contributed by atoms with Crippen molar-refractivity contribution in [3.05, 3.63) is 59.2 Å². The van der Waals surface area contributed by atoms with Crippen LogP contribution in [0.25, 0.3) is 0 Å². The highest BCUT2D eigenvalue weighted by atomic mass is 16.5. The molecule has 1 amide bonds. The molecule has 1 aliphatic heterocycles. The van der Waals surface area contributed by atoms with E-state index in [0.717, 1.165) is 22.4 Å². The van der Waals surface area contributed by atoms with E-state index >= 15 is 0 Å². The number of aryl methyl sites for hydroxylation is 1. The normalized spacial score (nSPS) is 15.6. The van der Waals surface area contributed by atoms with E-state index in [4.69, 9.17) is 14.6 Å². The molecule has 0 fully saturated rings. The van der Waals surface area contributed by atoms with Gasteiger partial charge in [0, 0.05) is 30.9 Å². The highest BCUT2D eigenvalue weighted by Gasteiger charge is 2.34. The summed E-state index contributed by atoms with van der Waals surface area (Å²) in [5.74, 6) is 0.151. The molecule has 0 saturated carbocycles. The lowest BCUT2D eigenvalue weighted by molar-refractivity contribution is -0.137. The summed E-state index contributed by atoms with van der Waals surface area (Å²) in [5, 5.41) is 15.0. The Morgan fingerprint density at radius 1 is 1.10 bits per heavy atom. The summed E-state index contributed by atoms with van der Waals surface area (Å²) in [4.78, 5) is 23.7. The van der Waals surface area contributed by atoms with Gasteiger partial charge in [-0.3, -0.25) is 9.59 Å². The fraction of sp³-hybridized carbons (Fsp3) is 0.348. The van der Waals surface area contributed by atoms with Gasteiger partial charge in [-0.15, -0.1) is 0 Å². The molecule has 1 atom stereocenters. The van der Waals surface area contributed by atoms with Crippen LogP contribution in [0.2, 0.25) is 0 Å². The number of ether oxygens (including phenoxy) is 2. The number of aliphatic carboxylic acids is 1. The number of hydrazone groups is 1. The predicted octanol–water partition coefficient (Wildman–Crippen LogP) is 3.94. The van der Waals surface area contributed by atoms with Gasteiger partial charge in [-0.25, -0.2) is 5.01 Å². The largest absolute Gasteiger partial charge is 0.497 e. The van der Waals surface area contributed by atoms with Gasteiger partial charge in [0.2, 0.25) is 5.91 Å². The van der Waals surface area contributed by atoms with Crippen LogP contribution in [-0.4, -0.2) is 41.9 Å². The Kier molecular flexibility index (Phi) is 6.72. The number of carboxylic acids is 1. The van der Waals surface area contributed by atoms with Gasteiger partial charge in [0.15, 0.2) is 0 Å². The Morgan fingerprint density at radius 2 is 1.83 bits per heavy atom. The summed E-state index contributed by atoms with van der Waals surface area (Å²) >= 11 is 0. The monoisotopic (exact) mass is 410 g/mol. The second-order valence-electron chi connectivity index (χ2n) is 7.23. The van der Waals surface area contributed by atoms with E-state index in [9.17, 15) is 9.59 Å². The molecule has 7 heteroatoms. The van der Waals surface area contributed by atoms with Gasteiger partial charge >= 0.3 is 5.97 Å². The fourth-order valence-electron chi connectivity index (χ4n) is 3.50. The molecule has 0 saturated heterocycles. The molecule has 3 rings (SSSR count). The molecule has 0 spiro atoms. The maximum absolute atomic E-state index is 12.9. The van der Waals surface area contributed by atoms with Crippen LogP contribution in [-0.2, 0) is 9.59 Å². The highest BCUT2D eigenvalue weighted by Crippen LogP contribution is 2.39. The van der Waals surface area contributed by atoms with Crippen molar-refractivity contribution < 1.29 is 24.2 Å². The first-order valence-corrected chi connectivity index (χ1v) is 9.83. The summed E-state index contributed by atoms with van der Waals surface area (Å²) < 4.78 is 10.8. The molecule has 0 unspecified atom stereocenters. The van der Waals surface area contributed by atoms with Gasteiger partial charge in [-0.1, -0.05) is 29.8 Å². The van der Waals surface area contributed by atoms with Crippen LogP contribution in [0.15, 0.2) is 47.6 Å². The van der Waals surface area contributed by atoms with Crippen molar-refractivity contribution in [1.29, 1.82) is 0 Å². The number of carboxylic acid groups (broad SMARTS) is 1. The van der Waals surface area contributed by atoms with Crippen molar-refractivity contribution in [1.82, 2.24) is 5.01 Å². The maximum Gasteiger partial charge on any atom is 0.303 e. The Hall–Kier alpha value is -3.35. The number of carbonyl (C=O) groups excluding carboxylic acids is 1. The van der Waals surface area contributed by atoms with E-state index < -0.39 is 5.97 Å². The number of amides is 1. The zero-order chi connectivity index (χ0) is 21.7. The Balaban J connectivity index is 1.93. The number of nitrogens with zero attached hydrogens (tertiary/aromatic N) is 2. The van der Waals surface area contributed by atoms with Crippen LogP contribution < -0.4 is 9.47 Å². The summed E-state index contributed by atoms with van der Waals surface area (Å²) in [6.07, 6.45) is 0.875. The molecule has 0 aliphatic carbocycles. The van der Waals surface area contributed by atoms with E-state index in [-0.39, 0.29) is 31.2 Å². The summed E-state index contributed by atoms with van der Waals surface area (Å²) in [6.45, 7) is 2.02. The van der Waals surface area contributed by atoms with Crippen molar-refractivity contribution in [3.63, 3.8) is 0 Å². The molecule has 2 aromatic rings. The Morgan fingerprint density at radius 3 is 2.47 bits per heavy atom. The van der Waals surface area contributed by atoms with Crippen molar-refractivity contribution in [2.45, 2.75) is 38.6 Å². The number of hydrogen-bond donors (Lipinski definition) is 1. The minimum atomic E-state index is -0.915. The number of methoxy groups -OCH3 is 2. The predicted molar refractivity (Wildman–Crippen MR) is 113 cm³/mol. The summed E-state index contributed by atoms with van der Waals surface area (Å²) in [6, 6.07) is 13.2. The van der Waals surface area contributed by atoms with Crippen molar-refractivity contribution >= 4 is 17.6 Å². The molecule has 0 bridgehead atoms. The lowest BCUT2D eigenvalue weighted by Crippen LogP contribution is -2.27. The van der Waals surface area contributed by atoms with Gasteiger partial charge in [0.1, 0.15) is 11.5 Å². The van der Waals surface area contributed by atoms with Crippen LogP contribution in [0.5, 0.6) is 11.5 Å². The van der Waals surface area contributed by atoms with Crippen LogP contribution >= 0.6 is 0 Å². The molecular weight excluding hydrogens is 384 g/mol. The van der Waals surface area contributed by atoms with Crippen molar-refractivity contribution in [2.24, 2.45) is 5.10 Å². The number of carbonyl (C=O) groups is 2. The minimum Gasteiger partial charge on any atom is -0.497 e. The molecule has 30 heavy (non-hydrogen) atoms. The van der Waals surface area contributed by atoms with Crippen LogP contribution in [0.1, 0.15) is 48.4 Å². The topological polar surface area (TPSA) is 88.4 Å². The Bertz CT molecular complexity index is 953. The zero-order valence-electron chi connectivity index (χ0n) is 17.4. The molecule has 0 aromatic heterocycles. The smallest absolute Gasteiger partial charge is 0.303 e. The maximum atomic E-state index is 12.9. The van der Waals surface area contributed by atoms with Gasteiger partial charge in [0.25, 0.3) is 0 Å². The third-order valence-corrected chi connectivity index (χ3v) is 5.13. The average Bonchev–Trinajstić information content (AvgIpc) is 3.18. The van der Waals surface area contributed by atoms with Crippen molar-refractivity contribution in [3.8, 4) is 11.5 Å². The summed E-state index contributed by atoms with van der Waals surface area (Å²) in [7, 11) is 3.16. The lowest BCUT2D eigenvalue weighted by atomic mass is 9.97. The van der Waals surface area contributed by atoms with E-state index in [1.165, 1.54) is 5.01 Å².